The third-order valence-electron chi connectivity index (χ3n) is 6.40. The highest BCUT2D eigenvalue weighted by atomic mass is 16.6. The monoisotopic (exact) mass is 423 g/mol. The fourth-order valence-corrected chi connectivity index (χ4v) is 4.22. The molecule has 8 nitrogen and oxygen atoms in total. The van der Waals surface area contributed by atoms with Crippen LogP contribution in [0.4, 0.5) is 4.79 Å². The van der Waals surface area contributed by atoms with Gasteiger partial charge in [-0.25, -0.2) is 9.79 Å². The minimum Gasteiger partial charge on any atom is -0.450 e. The number of guanidine groups is 1. The summed E-state index contributed by atoms with van der Waals surface area (Å²) in [7, 11) is 3.49. The van der Waals surface area contributed by atoms with Crippen molar-refractivity contribution in [3.8, 4) is 0 Å². The molecule has 2 amide bonds. The first kappa shape index (κ1) is 24.3. The van der Waals surface area contributed by atoms with Crippen LogP contribution in [0, 0.1) is 11.3 Å². The second kappa shape index (κ2) is 11.4. The van der Waals surface area contributed by atoms with Gasteiger partial charge in [0.2, 0.25) is 5.91 Å². The number of aliphatic imine (C=N–C) groups is 1. The van der Waals surface area contributed by atoms with Crippen LogP contribution in [0.25, 0.3) is 0 Å². The van der Waals surface area contributed by atoms with Crippen molar-refractivity contribution in [3.63, 3.8) is 0 Å². The highest BCUT2D eigenvalue weighted by Gasteiger charge is 2.32. The van der Waals surface area contributed by atoms with Gasteiger partial charge < -0.3 is 25.2 Å². The molecule has 2 rings (SSSR count). The van der Waals surface area contributed by atoms with Gasteiger partial charge in [0.1, 0.15) is 6.54 Å². The number of ether oxygens (including phenoxy) is 1. The number of likely N-dealkylation sites (N-methyl/N-ethyl adjacent to an activating group) is 1. The molecule has 0 aromatic rings. The summed E-state index contributed by atoms with van der Waals surface area (Å²) in [5.41, 5.74) is 0.178. The topological polar surface area (TPSA) is 86.3 Å². The van der Waals surface area contributed by atoms with Gasteiger partial charge in [-0.2, -0.15) is 0 Å². The molecule has 0 unspecified atom stereocenters. The van der Waals surface area contributed by atoms with Crippen LogP contribution in [0.3, 0.4) is 0 Å². The molecule has 1 saturated heterocycles. The molecule has 8 heteroatoms. The van der Waals surface area contributed by atoms with E-state index in [-0.39, 0.29) is 30.0 Å². The van der Waals surface area contributed by atoms with Crippen LogP contribution >= 0.6 is 0 Å². The Morgan fingerprint density at radius 2 is 1.77 bits per heavy atom. The Bertz CT molecular complexity index is 592. The summed E-state index contributed by atoms with van der Waals surface area (Å²) in [4.78, 5) is 31.8. The second-order valence-electron chi connectivity index (χ2n) is 9.38. The van der Waals surface area contributed by atoms with Crippen molar-refractivity contribution in [2.45, 2.75) is 65.3 Å². The Morgan fingerprint density at radius 3 is 2.33 bits per heavy atom. The number of likely N-dealkylation sites (tertiary alicyclic amines) is 1. The number of piperidine rings is 1. The first-order valence-corrected chi connectivity index (χ1v) is 11.4. The molecule has 1 saturated carbocycles. The minimum atomic E-state index is -0.238. The van der Waals surface area contributed by atoms with E-state index in [1.807, 2.05) is 6.92 Å². The van der Waals surface area contributed by atoms with E-state index in [9.17, 15) is 9.59 Å². The number of hydrogen-bond donors (Lipinski definition) is 2. The molecule has 1 aliphatic carbocycles. The van der Waals surface area contributed by atoms with Gasteiger partial charge in [-0.05, 0) is 43.9 Å². The quantitative estimate of drug-likeness (QED) is 0.485. The van der Waals surface area contributed by atoms with Gasteiger partial charge in [0.05, 0.1) is 6.61 Å². The molecule has 0 atom stereocenters. The fraction of sp³-hybridized carbons (Fsp3) is 0.864. The lowest BCUT2D eigenvalue weighted by Crippen LogP contribution is -2.51. The van der Waals surface area contributed by atoms with E-state index in [4.69, 9.17) is 4.74 Å². The summed E-state index contributed by atoms with van der Waals surface area (Å²) < 4.78 is 5.10. The summed E-state index contributed by atoms with van der Waals surface area (Å²) in [6.45, 7) is 9.11. The molecule has 30 heavy (non-hydrogen) atoms. The largest absolute Gasteiger partial charge is 0.450 e. The van der Waals surface area contributed by atoms with Crippen molar-refractivity contribution in [3.05, 3.63) is 0 Å². The zero-order chi connectivity index (χ0) is 22.1. The van der Waals surface area contributed by atoms with E-state index in [2.05, 4.69) is 29.5 Å². The average Bonchev–Trinajstić information content (AvgIpc) is 3.26. The Labute approximate surface area is 181 Å². The predicted octanol–water partition coefficient (Wildman–Crippen LogP) is 2.45. The Kier molecular flexibility index (Phi) is 9.24. The molecule has 2 N–H and O–H groups in total. The average molecular weight is 424 g/mol. The van der Waals surface area contributed by atoms with Crippen LogP contribution < -0.4 is 10.6 Å². The first-order chi connectivity index (χ1) is 14.2. The maximum atomic E-state index is 12.0. The molecule has 0 spiro atoms. The number of nitrogens with one attached hydrogen (secondary N) is 2. The van der Waals surface area contributed by atoms with Crippen molar-refractivity contribution < 1.29 is 14.3 Å². The van der Waals surface area contributed by atoms with Crippen molar-refractivity contribution in [1.29, 1.82) is 0 Å². The number of carbonyl (C=O) groups is 2. The normalized spacial score (nSPS) is 19.0. The van der Waals surface area contributed by atoms with Gasteiger partial charge in [-0.3, -0.25) is 4.79 Å². The second-order valence-corrected chi connectivity index (χ2v) is 9.38. The third-order valence-corrected chi connectivity index (χ3v) is 6.40. The van der Waals surface area contributed by atoms with Crippen molar-refractivity contribution in [1.82, 2.24) is 20.4 Å². The Morgan fingerprint density at radius 1 is 1.13 bits per heavy atom. The summed E-state index contributed by atoms with van der Waals surface area (Å²) >= 11 is 0. The molecule has 1 aliphatic heterocycles. The smallest absolute Gasteiger partial charge is 0.409 e. The van der Waals surface area contributed by atoms with Crippen LogP contribution in [-0.4, -0.2) is 80.7 Å². The highest BCUT2D eigenvalue weighted by molar-refractivity contribution is 5.85. The molecule has 172 valence electrons. The van der Waals surface area contributed by atoms with Gasteiger partial charge >= 0.3 is 6.09 Å². The van der Waals surface area contributed by atoms with E-state index in [1.165, 1.54) is 25.7 Å². The number of amides is 2. The lowest BCUT2D eigenvalue weighted by Gasteiger charge is -2.35. The van der Waals surface area contributed by atoms with Gasteiger partial charge in [0.15, 0.2) is 5.96 Å². The van der Waals surface area contributed by atoms with E-state index < -0.39 is 0 Å². The van der Waals surface area contributed by atoms with Crippen LogP contribution in [0.1, 0.15) is 59.3 Å². The molecule has 0 radical (unpaired) electrons. The summed E-state index contributed by atoms with van der Waals surface area (Å²) in [5.74, 6) is 1.39. The molecule has 1 heterocycles. The molecular weight excluding hydrogens is 382 g/mol. The first-order valence-electron chi connectivity index (χ1n) is 11.4. The molecule has 0 aromatic carbocycles. The lowest BCUT2D eigenvalue weighted by atomic mass is 9.78. The summed E-state index contributed by atoms with van der Waals surface area (Å²) in [6.07, 6.45) is 6.64. The fourth-order valence-electron chi connectivity index (χ4n) is 4.22. The van der Waals surface area contributed by atoms with Crippen LogP contribution in [0.15, 0.2) is 4.99 Å². The summed E-state index contributed by atoms with van der Waals surface area (Å²) in [6, 6.07) is 0.214. The molecule has 2 fully saturated rings. The summed E-state index contributed by atoms with van der Waals surface area (Å²) in [5, 5.41) is 6.99. The molecular formula is C22H41N5O3. The maximum Gasteiger partial charge on any atom is 0.409 e. The predicted molar refractivity (Wildman–Crippen MR) is 119 cm³/mol. The molecule has 0 aromatic heterocycles. The lowest BCUT2D eigenvalue weighted by molar-refractivity contribution is -0.127. The zero-order valence-electron chi connectivity index (χ0n) is 19.5. The SMILES string of the molecule is CCOC(=O)N1CCC(NC(=NCC(=O)N(C)C)NCC(C)(C)C2CCCC2)CC1. The van der Waals surface area contributed by atoms with E-state index in [0.717, 1.165) is 25.3 Å². The van der Waals surface area contributed by atoms with Gasteiger partial charge in [0, 0.05) is 39.8 Å². The van der Waals surface area contributed by atoms with Crippen molar-refractivity contribution >= 4 is 18.0 Å². The van der Waals surface area contributed by atoms with Gasteiger partial charge in [-0.15, -0.1) is 0 Å². The van der Waals surface area contributed by atoms with Crippen LogP contribution in [-0.2, 0) is 9.53 Å². The molecule has 0 bridgehead atoms. The maximum absolute atomic E-state index is 12.0. The number of nitrogens with zero attached hydrogens (tertiary/aromatic N) is 3. The van der Waals surface area contributed by atoms with Crippen molar-refractivity contribution in [2.24, 2.45) is 16.3 Å². The Hall–Kier alpha value is -1.99. The van der Waals surface area contributed by atoms with E-state index in [0.29, 0.717) is 25.7 Å². The highest BCUT2D eigenvalue weighted by Crippen LogP contribution is 2.38. The third kappa shape index (κ3) is 7.36. The number of carbonyl (C=O) groups excluding carboxylic acids is 2. The van der Waals surface area contributed by atoms with Gasteiger partial charge in [-0.1, -0.05) is 26.7 Å². The standard InChI is InChI=1S/C22H41N5O3/c1-6-30-21(29)27-13-11-18(12-14-27)25-20(23-15-19(28)26(4)5)24-16-22(2,3)17-9-7-8-10-17/h17-18H,6-16H2,1-5H3,(H2,23,24,25). The Balaban J connectivity index is 1.93. The number of rotatable bonds is 7. The van der Waals surface area contributed by atoms with Gasteiger partial charge in [0.25, 0.3) is 0 Å². The van der Waals surface area contributed by atoms with Crippen LogP contribution in [0.5, 0.6) is 0 Å². The number of hydrogen-bond acceptors (Lipinski definition) is 4. The van der Waals surface area contributed by atoms with E-state index in [1.54, 1.807) is 23.9 Å². The van der Waals surface area contributed by atoms with Crippen LogP contribution in [0.2, 0.25) is 0 Å². The molecule has 2 aliphatic rings. The van der Waals surface area contributed by atoms with E-state index >= 15 is 0 Å². The van der Waals surface area contributed by atoms with Crippen molar-refractivity contribution in [2.75, 3.05) is 46.9 Å². The zero-order valence-corrected chi connectivity index (χ0v) is 19.5. The minimum absolute atomic E-state index is 0.0247.